The Morgan fingerprint density at radius 3 is 2.83 bits per heavy atom. The third kappa shape index (κ3) is 1.43. The highest BCUT2D eigenvalue weighted by Crippen LogP contribution is 2.15. The maximum atomic E-state index is 10.7. The number of hydrogen-bond acceptors (Lipinski definition) is 3. The van der Waals surface area contributed by atoms with Gasteiger partial charge in [-0.3, -0.25) is 4.98 Å². The Kier molecular flexibility index (Phi) is 2.10. The summed E-state index contributed by atoms with van der Waals surface area (Å²) < 4.78 is 0. The fraction of sp³-hybridized carbons (Fsp3) is 0.250. The number of nitrogens with zero attached hydrogens (tertiary/aromatic N) is 1. The second kappa shape index (κ2) is 2.91. The van der Waals surface area contributed by atoms with Crippen LogP contribution in [0, 0.1) is 0 Å². The Hall–Kier alpha value is -1.42. The van der Waals surface area contributed by atoms with Crippen LogP contribution in [0.25, 0.3) is 0 Å². The van der Waals surface area contributed by atoms with Gasteiger partial charge in [0, 0.05) is 18.0 Å². The lowest BCUT2D eigenvalue weighted by molar-refractivity contribution is -0.143. The van der Waals surface area contributed by atoms with Gasteiger partial charge in [-0.1, -0.05) is 6.07 Å². The summed E-state index contributed by atoms with van der Waals surface area (Å²) in [6.45, 7) is 1.44. The molecule has 0 aromatic carbocycles. The minimum atomic E-state index is -1.35. The predicted molar refractivity (Wildman–Crippen MR) is 43.4 cm³/mol. The zero-order valence-electron chi connectivity index (χ0n) is 6.69. The van der Waals surface area contributed by atoms with Crippen molar-refractivity contribution in [1.82, 2.24) is 4.98 Å². The Labute approximate surface area is 70.0 Å². The van der Waals surface area contributed by atoms with Crippen LogP contribution in [0.5, 0.6) is 0 Å². The van der Waals surface area contributed by atoms with Crippen LogP contribution < -0.4 is 5.73 Å². The lowest BCUT2D eigenvalue weighted by Gasteiger charge is -2.18. The van der Waals surface area contributed by atoms with E-state index in [4.69, 9.17) is 10.8 Å². The number of nitrogens with two attached hydrogens (primary N) is 1. The topological polar surface area (TPSA) is 76.2 Å². The summed E-state index contributed by atoms with van der Waals surface area (Å²) in [4.78, 5) is 14.5. The largest absolute Gasteiger partial charge is 0.480 e. The van der Waals surface area contributed by atoms with E-state index in [1.54, 1.807) is 18.3 Å². The van der Waals surface area contributed by atoms with Crippen LogP contribution in [-0.2, 0) is 10.3 Å². The van der Waals surface area contributed by atoms with Gasteiger partial charge in [-0.2, -0.15) is 0 Å². The van der Waals surface area contributed by atoms with Crippen molar-refractivity contribution < 1.29 is 9.90 Å². The van der Waals surface area contributed by atoms with Crippen LogP contribution in [-0.4, -0.2) is 16.1 Å². The van der Waals surface area contributed by atoms with Crippen molar-refractivity contribution in [2.75, 3.05) is 0 Å². The first-order chi connectivity index (χ1) is 5.55. The third-order valence-corrected chi connectivity index (χ3v) is 1.71. The molecular formula is C8H10N2O2. The molecule has 0 fully saturated rings. The van der Waals surface area contributed by atoms with Gasteiger partial charge in [-0.05, 0) is 13.0 Å². The number of aliphatic carboxylic acids is 1. The molecule has 0 amide bonds. The molecule has 4 nitrogen and oxygen atoms in total. The van der Waals surface area contributed by atoms with E-state index >= 15 is 0 Å². The first kappa shape index (κ1) is 8.67. The molecule has 0 saturated carbocycles. The number of pyridine rings is 1. The molecule has 0 aliphatic carbocycles. The maximum absolute atomic E-state index is 10.7. The van der Waals surface area contributed by atoms with Crippen LogP contribution >= 0.6 is 0 Å². The number of aromatic nitrogens is 1. The van der Waals surface area contributed by atoms with Crippen LogP contribution in [0.4, 0.5) is 0 Å². The van der Waals surface area contributed by atoms with Gasteiger partial charge in [-0.15, -0.1) is 0 Å². The van der Waals surface area contributed by atoms with Crippen molar-refractivity contribution in [3.8, 4) is 0 Å². The fourth-order valence-electron chi connectivity index (χ4n) is 0.793. The molecule has 3 N–H and O–H groups in total. The van der Waals surface area contributed by atoms with Crippen LogP contribution in [0.15, 0.2) is 24.5 Å². The molecule has 0 aliphatic rings. The molecule has 1 aromatic heterocycles. The molecule has 1 heterocycles. The minimum Gasteiger partial charge on any atom is -0.480 e. The lowest BCUT2D eigenvalue weighted by atomic mass is 9.95. The smallest absolute Gasteiger partial charge is 0.328 e. The van der Waals surface area contributed by atoms with E-state index in [-0.39, 0.29) is 0 Å². The molecule has 1 atom stereocenters. The van der Waals surface area contributed by atoms with Crippen molar-refractivity contribution in [3.05, 3.63) is 30.1 Å². The predicted octanol–water partition coefficient (Wildman–Crippen LogP) is 0.340. The Bertz CT molecular complexity index is 282. The van der Waals surface area contributed by atoms with Gasteiger partial charge in [0.1, 0.15) is 5.54 Å². The highest BCUT2D eigenvalue weighted by atomic mass is 16.4. The Balaban J connectivity index is 3.06. The molecule has 1 unspecified atom stereocenters. The standard InChI is InChI=1S/C8H10N2O2/c1-8(9,7(11)12)6-3-2-4-10-5-6/h2-5H,9H2,1H3,(H,11,12). The van der Waals surface area contributed by atoms with Crippen molar-refractivity contribution in [2.24, 2.45) is 5.73 Å². The molecule has 4 heteroatoms. The molecule has 0 bridgehead atoms. The summed E-state index contributed by atoms with van der Waals surface area (Å²) in [6, 6.07) is 3.30. The molecular weight excluding hydrogens is 156 g/mol. The Morgan fingerprint density at radius 1 is 1.75 bits per heavy atom. The molecule has 0 spiro atoms. The van der Waals surface area contributed by atoms with Crippen molar-refractivity contribution in [3.63, 3.8) is 0 Å². The van der Waals surface area contributed by atoms with Crippen molar-refractivity contribution >= 4 is 5.97 Å². The minimum absolute atomic E-state index is 0.498. The molecule has 64 valence electrons. The molecule has 1 aromatic rings. The van der Waals surface area contributed by atoms with Gasteiger partial charge >= 0.3 is 5.97 Å². The zero-order valence-corrected chi connectivity index (χ0v) is 6.69. The van der Waals surface area contributed by atoms with Gasteiger partial charge < -0.3 is 10.8 Å². The molecule has 0 saturated heterocycles. The van der Waals surface area contributed by atoms with E-state index in [9.17, 15) is 4.79 Å². The lowest BCUT2D eigenvalue weighted by Crippen LogP contribution is -2.41. The zero-order chi connectivity index (χ0) is 9.19. The van der Waals surface area contributed by atoms with E-state index in [1.807, 2.05) is 0 Å². The SMILES string of the molecule is CC(N)(C(=O)O)c1cccnc1. The van der Waals surface area contributed by atoms with Gasteiger partial charge in [0.15, 0.2) is 0 Å². The van der Waals surface area contributed by atoms with E-state index in [2.05, 4.69) is 4.98 Å². The average Bonchev–Trinajstić information content (AvgIpc) is 2.06. The van der Waals surface area contributed by atoms with E-state index < -0.39 is 11.5 Å². The molecule has 0 radical (unpaired) electrons. The monoisotopic (exact) mass is 166 g/mol. The second-order valence-corrected chi connectivity index (χ2v) is 2.75. The highest BCUT2D eigenvalue weighted by molar-refractivity contribution is 5.79. The van der Waals surface area contributed by atoms with Crippen LogP contribution in [0.1, 0.15) is 12.5 Å². The fourth-order valence-corrected chi connectivity index (χ4v) is 0.793. The quantitative estimate of drug-likeness (QED) is 0.664. The first-order valence-electron chi connectivity index (χ1n) is 3.48. The molecule has 0 aliphatic heterocycles. The number of carboxylic acid groups (broad SMARTS) is 1. The van der Waals surface area contributed by atoms with Gasteiger partial charge in [0.2, 0.25) is 0 Å². The van der Waals surface area contributed by atoms with E-state index in [1.165, 1.54) is 13.1 Å². The summed E-state index contributed by atoms with van der Waals surface area (Å²) in [6.07, 6.45) is 3.02. The molecule has 1 rings (SSSR count). The van der Waals surface area contributed by atoms with E-state index in [0.717, 1.165) is 0 Å². The summed E-state index contributed by atoms with van der Waals surface area (Å²) >= 11 is 0. The first-order valence-corrected chi connectivity index (χ1v) is 3.48. The molecule has 12 heavy (non-hydrogen) atoms. The summed E-state index contributed by atoms with van der Waals surface area (Å²) in [5.74, 6) is -1.06. The second-order valence-electron chi connectivity index (χ2n) is 2.75. The van der Waals surface area contributed by atoms with Gasteiger partial charge in [0.05, 0.1) is 0 Å². The van der Waals surface area contributed by atoms with Gasteiger partial charge in [-0.25, -0.2) is 4.79 Å². The number of hydrogen-bond donors (Lipinski definition) is 2. The number of rotatable bonds is 2. The van der Waals surface area contributed by atoms with Crippen LogP contribution in [0.2, 0.25) is 0 Å². The highest BCUT2D eigenvalue weighted by Gasteiger charge is 2.29. The summed E-state index contributed by atoms with van der Waals surface area (Å²) in [7, 11) is 0. The summed E-state index contributed by atoms with van der Waals surface area (Å²) in [5.41, 5.74) is 4.69. The van der Waals surface area contributed by atoms with Gasteiger partial charge in [0.25, 0.3) is 0 Å². The average molecular weight is 166 g/mol. The van der Waals surface area contributed by atoms with Crippen molar-refractivity contribution in [2.45, 2.75) is 12.5 Å². The van der Waals surface area contributed by atoms with Crippen LogP contribution in [0.3, 0.4) is 0 Å². The maximum Gasteiger partial charge on any atom is 0.328 e. The van der Waals surface area contributed by atoms with E-state index in [0.29, 0.717) is 5.56 Å². The Morgan fingerprint density at radius 2 is 2.42 bits per heavy atom. The van der Waals surface area contributed by atoms with Crippen molar-refractivity contribution in [1.29, 1.82) is 0 Å². The normalized spacial score (nSPS) is 15.2. The summed E-state index contributed by atoms with van der Waals surface area (Å²) in [5, 5.41) is 8.74. The number of carbonyl (C=O) groups is 1. The number of carboxylic acids is 1. The third-order valence-electron chi connectivity index (χ3n) is 1.71.